The average molecular weight is 360 g/mol. The van der Waals surface area contributed by atoms with Gasteiger partial charge in [-0.2, -0.15) is 10.2 Å². The first-order valence-electron chi connectivity index (χ1n) is 5.50. The minimum atomic E-state index is 0. The number of aryl methyl sites for hydroxylation is 1. The molecule has 0 unspecified atom stereocenters. The number of aromatic nitrogens is 1. The Morgan fingerprint density at radius 3 is 1.60 bits per heavy atom. The van der Waals surface area contributed by atoms with Gasteiger partial charge in [0.2, 0.25) is 0 Å². The molecule has 0 aromatic carbocycles. The van der Waals surface area contributed by atoms with Gasteiger partial charge in [0, 0.05) is 14.1 Å². The van der Waals surface area contributed by atoms with Gasteiger partial charge in [0.05, 0.1) is 22.8 Å². The Morgan fingerprint density at radius 1 is 0.950 bits per heavy atom. The van der Waals surface area contributed by atoms with Gasteiger partial charge in [-0.25, -0.2) is 4.98 Å². The fourth-order valence-corrected chi connectivity index (χ4v) is 1.49. The maximum atomic E-state index is 4.53. The van der Waals surface area contributed by atoms with Crippen LogP contribution in [0.15, 0.2) is 22.3 Å². The van der Waals surface area contributed by atoms with Crippen molar-refractivity contribution >= 4 is 11.4 Å². The predicted molar refractivity (Wildman–Crippen MR) is 71.5 cm³/mol. The zero-order chi connectivity index (χ0) is 12.8. The third-order valence-corrected chi connectivity index (χ3v) is 2.27. The van der Waals surface area contributed by atoms with Crippen molar-refractivity contribution in [3.8, 4) is 0 Å². The molecule has 0 aliphatic heterocycles. The molecule has 8 heteroatoms. The van der Waals surface area contributed by atoms with E-state index in [0.29, 0.717) is 0 Å². The van der Waals surface area contributed by atoms with Crippen molar-refractivity contribution in [3.63, 3.8) is 0 Å². The van der Waals surface area contributed by atoms with E-state index in [1.54, 1.807) is 14.1 Å². The fourth-order valence-electron chi connectivity index (χ4n) is 1.49. The van der Waals surface area contributed by atoms with Crippen molar-refractivity contribution in [2.75, 3.05) is 14.1 Å². The van der Waals surface area contributed by atoms with Crippen LogP contribution in [0.2, 0.25) is 0 Å². The van der Waals surface area contributed by atoms with Crippen LogP contribution in [0.25, 0.3) is 0 Å². The van der Waals surface area contributed by atoms with Gasteiger partial charge in [0.25, 0.3) is 0 Å². The van der Waals surface area contributed by atoms with Crippen molar-refractivity contribution in [3.05, 3.63) is 29.1 Å². The van der Waals surface area contributed by atoms with E-state index >= 15 is 0 Å². The SMILES string of the molecule is CNN=C(C)c1cc(C)cc(C(C)=NNC)n1.[Cl-].[Cl-].[Fe+2]. The van der Waals surface area contributed by atoms with E-state index in [1.807, 2.05) is 32.9 Å². The van der Waals surface area contributed by atoms with Crippen molar-refractivity contribution in [1.29, 1.82) is 0 Å². The van der Waals surface area contributed by atoms with Crippen LogP contribution in [0, 0.1) is 6.92 Å². The maximum Gasteiger partial charge on any atom is 2.00 e. The summed E-state index contributed by atoms with van der Waals surface area (Å²) in [7, 11) is 3.54. The smallest absolute Gasteiger partial charge is 1.00 e. The van der Waals surface area contributed by atoms with Crippen LogP contribution in [0.4, 0.5) is 0 Å². The van der Waals surface area contributed by atoms with E-state index in [2.05, 4.69) is 26.0 Å². The summed E-state index contributed by atoms with van der Waals surface area (Å²) in [6.45, 7) is 5.88. The Hall–Kier alpha value is -0.811. The minimum absolute atomic E-state index is 0. The summed E-state index contributed by atoms with van der Waals surface area (Å²) in [6.07, 6.45) is 0. The maximum absolute atomic E-state index is 4.53. The zero-order valence-corrected chi connectivity index (χ0v) is 14.7. The van der Waals surface area contributed by atoms with E-state index < -0.39 is 0 Å². The van der Waals surface area contributed by atoms with E-state index in [0.717, 1.165) is 28.4 Å². The van der Waals surface area contributed by atoms with Crippen LogP contribution < -0.4 is 35.7 Å². The normalized spacial score (nSPS) is 10.7. The molecule has 0 saturated heterocycles. The molecule has 0 amide bonds. The Labute approximate surface area is 143 Å². The number of pyridine rings is 1. The molecule has 20 heavy (non-hydrogen) atoms. The summed E-state index contributed by atoms with van der Waals surface area (Å²) in [5, 5.41) is 8.26. The van der Waals surface area contributed by atoms with Crippen LogP contribution in [-0.2, 0) is 17.1 Å². The van der Waals surface area contributed by atoms with Crippen molar-refractivity contribution < 1.29 is 41.9 Å². The second-order valence-electron chi connectivity index (χ2n) is 3.76. The summed E-state index contributed by atoms with van der Waals surface area (Å²) in [6, 6.07) is 4.01. The summed E-state index contributed by atoms with van der Waals surface area (Å²) in [5.41, 5.74) is 10.1. The molecule has 0 bridgehead atoms. The largest absolute Gasteiger partial charge is 2.00 e. The average Bonchev–Trinajstić information content (AvgIpc) is 2.29. The number of hydrazone groups is 2. The van der Waals surface area contributed by atoms with Crippen LogP contribution >= 0.6 is 0 Å². The molecule has 0 atom stereocenters. The van der Waals surface area contributed by atoms with Gasteiger partial charge in [-0.3, -0.25) is 0 Å². The Morgan fingerprint density at radius 2 is 1.30 bits per heavy atom. The van der Waals surface area contributed by atoms with E-state index in [4.69, 9.17) is 0 Å². The summed E-state index contributed by atoms with van der Waals surface area (Å²) in [4.78, 5) is 4.53. The molecular formula is C12H19Cl2FeN5. The first kappa shape index (κ1) is 24.2. The van der Waals surface area contributed by atoms with Crippen molar-refractivity contribution in [2.24, 2.45) is 10.2 Å². The van der Waals surface area contributed by atoms with E-state index in [1.165, 1.54) is 0 Å². The van der Waals surface area contributed by atoms with Gasteiger partial charge in [0.15, 0.2) is 0 Å². The minimum Gasteiger partial charge on any atom is -1.00 e. The zero-order valence-electron chi connectivity index (χ0n) is 12.1. The van der Waals surface area contributed by atoms with E-state index in [-0.39, 0.29) is 41.9 Å². The molecule has 0 aliphatic rings. The number of nitrogens with zero attached hydrogens (tertiary/aromatic N) is 3. The van der Waals surface area contributed by atoms with Crippen LogP contribution in [0.5, 0.6) is 0 Å². The second kappa shape index (κ2) is 12.0. The van der Waals surface area contributed by atoms with E-state index in [9.17, 15) is 0 Å². The molecule has 1 heterocycles. The number of nitrogens with one attached hydrogen (secondary N) is 2. The predicted octanol–water partition coefficient (Wildman–Crippen LogP) is -4.72. The number of rotatable bonds is 4. The quantitative estimate of drug-likeness (QED) is 0.322. The third-order valence-electron chi connectivity index (χ3n) is 2.27. The molecule has 0 aliphatic carbocycles. The molecule has 0 spiro atoms. The first-order chi connectivity index (χ1) is 8.08. The van der Waals surface area contributed by atoms with Gasteiger partial charge < -0.3 is 35.7 Å². The van der Waals surface area contributed by atoms with Gasteiger partial charge in [-0.1, -0.05) is 0 Å². The molecule has 1 aromatic heterocycles. The topological polar surface area (TPSA) is 61.7 Å². The van der Waals surface area contributed by atoms with Gasteiger partial charge in [-0.15, -0.1) is 0 Å². The summed E-state index contributed by atoms with van der Waals surface area (Å²) >= 11 is 0. The molecule has 114 valence electrons. The number of hydrogen-bond acceptors (Lipinski definition) is 5. The van der Waals surface area contributed by atoms with Gasteiger partial charge in [-0.05, 0) is 38.5 Å². The fraction of sp³-hybridized carbons (Fsp3) is 0.417. The van der Waals surface area contributed by atoms with Gasteiger partial charge in [0.1, 0.15) is 0 Å². The molecule has 2 N–H and O–H groups in total. The van der Waals surface area contributed by atoms with Crippen molar-refractivity contribution in [2.45, 2.75) is 20.8 Å². The standard InChI is InChI=1S/C12H19N5.2ClH.Fe/c1-8-6-11(9(2)16-13-4)15-12(7-8)10(3)17-14-5;;;/h6-7,13-14H,1-5H3;2*1H;/q;;;+2/p-2. The number of hydrogen-bond donors (Lipinski definition) is 2. The molecule has 5 nitrogen and oxygen atoms in total. The third kappa shape index (κ3) is 7.10. The van der Waals surface area contributed by atoms with Gasteiger partial charge >= 0.3 is 17.1 Å². The molecule has 1 aromatic rings. The Balaban J connectivity index is -0.000000963. The summed E-state index contributed by atoms with van der Waals surface area (Å²) in [5.74, 6) is 0. The summed E-state index contributed by atoms with van der Waals surface area (Å²) < 4.78 is 0. The Kier molecular flexibility index (Phi) is 14.5. The first-order valence-corrected chi connectivity index (χ1v) is 5.50. The second-order valence-corrected chi connectivity index (χ2v) is 3.76. The monoisotopic (exact) mass is 359 g/mol. The molecule has 1 rings (SSSR count). The van der Waals surface area contributed by atoms with Crippen molar-refractivity contribution in [1.82, 2.24) is 15.8 Å². The molecular weight excluding hydrogens is 341 g/mol. The molecule has 0 saturated carbocycles. The van der Waals surface area contributed by atoms with Crippen LogP contribution in [0.1, 0.15) is 30.8 Å². The molecule has 0 fully saturated rings. The van der Waals surface area contributed by atoms with Crippen LogP contribution in [0.3, 0.4) is 0 Å². The Bertz CT molecular complexity index is 425. The molecule has 0 radical (unpaired) electrons. The van der Waals surface area contributed by atoms with Crippen LogP contribution in [-0.4, -0.2) is 30.5 Å². The number of halogens is 2.